The molecule has 31 heavy (non-hydrogen) atoms. The molecule has 8 nitrogen and oxygen atoms in total. The van der Waals surface area contributed by atoms with Crippen LogP contribution < -0.4 is 15.5 Å². The number of benzene rings is 1. The third-order valence-corrected chi connectivity index (χ3v) is 6.90. The molecule has 2 aromatic rings. The summed E-state index contributed by atoms with van der Waals surface area (Å²) in [5, 5.41) is 3.18. The van der Waals surface area contributed by atoms with Crippen LogP contribution in [0.25, 0.3) is 0 Å². The topological polar surface area (TPSA) is 80.7 Å². The molecule has 2 saturated heterocycles. The molecule has 3 aliphatic rings. The lowest BCUT2D eigenvalue weighted by atomic mass is 9.94. The number of aromatic nitrogens is 2. The highest BCUT2D eigenvalue weighted by Gasteiger charge is 2.40. The van der Waals surface area contributed by atoms with Crippen molar-refractivity contribution in [3.05, 3.63) is 47.5 Å². The Morgan fingerprint density at radius 1 is 1.19 bits per heavy atom. The van der Waals surface area contributed by atoms with Crippen LogP contribution in [0.15, 0.2) is 30.5 Å². The molecular weight excluding hydrogens is 394 g/mol. The van der Waals surface area contributed by atoms with E-state index in [2.05, 4.69) is 39.7 Å². The van der Waals surface area contributed by atoms with Crippen LogP contribution in [0.2, 0.25) is 0 Å². The van der Waals surface area contributed by atoms with Crippen molar-refractivity contribution in [1.82, 2.24) is 19.9 Å². The number of rotatable bonds is 5. The van der Waals surface area contributed by atoms with E-state index in [4.69, 9.17) is 9.47 Å². The number of amides is 1. The summed E-state index contributed by atoms with van der Waals surface area (Å²) >= 11 is 0. The zero-order valence-corrected chi connectivity index (χ0v) is 18.2. The van der Waals surface area contributed by atoms with Crippen molar-refractivity contribution in [1.29, 1.82) is 0 Å². The number of carbonyl (C=O) groups is 1. The van der Waals surface area contributed by atoms with Gasteiger partial charge in [0.2, 0.25) is 0 Å². The third kappa shape index (κ3) is 4.02. The second-order valence-electron chi connectivity index (χ2n) is 8.99. The van der Waals surface area contributed by atoms with E-state index in [-0.39, 0.29) is 12.1 Å². The van der Waals surface area contributed by atoms with Gasteiger partial charge in [-0.05, 0) is 36.5 Å². The van der Waals surface area contributed by atoms with Crippen molar-refractivity contribution >= 4 is 5.91 Å². The average molecular weight is 426 g/mol. The number of likely N-dealkylation sites (tertiary alicyclic amines) is 1. The van der Waals surface area contributed by atoms with E-state index in [1.165, 1.54) is 5.56 Å². The Balaban J connectivity index is 1.28. The first-order chi connectivity index (χ1) is 15.1. The molecule has 3 atom stereocenters. The fourth-order valence-corrected chi connectivity index (χ4v) is 5.14. The fraction of sp³-hybridized carbons (Fsp3) is 0.565. The lowest BCUT2D eigenvalue weighted by Crippen LogP contribution is -2.55. The van der Waals surface area contributed by atoms with Crippen LogP contribution in [-0.4, -0.2) is 60.0 Å². The fourth-order valence-electron chi connectivity index (χ4n) is 5.14. The number of imidazole rings is 1. The molecule has 8 heteroatoms. The molecule has 0 spiro atoms. The van der Waals surface area contributed by atoms with Crippen LogP contribution in [0.5, 0.6) is 5.75 Å². The van der Waals surface area contributed by atoms with E-state index < -0.39 is 0 Å². The number of fused-ring (bicyclic) bond motifs is 1. The maximum Gasteiger partial charge on any atom is 0.273 e. The van der Waals surface area contributed by atoms with Crippen molar-refractivity contribution in [2.24, 2.45) is 11.8 Å². The molecule has 2 fully saturated rings. The number of nitrogens with zero attached hydrogens (tertiary/aromatic N) is 3. The molecule has 0 aliphatic carbocycles. The van der Waals surface area contributed by atoms with Crippen molar-refractivity contribution in [3.8, 4) is 5.75 Å². The number of nitrogens with one attached hydrogen (secondary N) is 2. The van der Waals surface area contributed by atoms with Gasteiger partial charge in [-0.1, -0.05) is 19.1 Å². The molecule has 1 aromatic heterocycles. The first-order valence-electron chi connectivity index (χ1n) is 11.2. The monoisotopic (exact) mass is 425 g/mol. The molecule has 3 unspecified atom stereocenters. The van der Waals surface area contributed by atoms with Gasteiger partial charge in [0.05, 0.1) is 13.3 Å². The standard InChI is InChI=1S/C23H31N5O3/c1-15-12-27(13-16-3-5-18(30-2)6-4-16)14-19(15)21-25-23(29)20-11-24-22(28(20)26-21)17-7-9-31-10-8-17/h3-6,11,15,17,19,21,26H,7-10,12-14H2,1-2H3,(H,25,29). The Kier molecular flexibility index (Phi) is 5.58. The molecule has 5 rings (SSSR count). The van der Waals surface area contributed by atoms with E-state index >= 15 is 0 Å². The molecule has 0 radical (unpaired) electrons. The number of carbonyl (C=O) groups excluding carboxylic acids is 1. The van der Waals surface area contributed by atoms with Gasteiger partial charge >= 0.3 is 0 Å². The second-order valence-corrected chi connectivity index (χ2v) is 8.99. The molecule has 166 valence electrons. The highest BCUT2D eigenvalue weighted by molar-refractivity contribution is 5.93. The third-order valence-electron chi connectivity index (χ3n) is 6.90. The molecule has 1 amide bonds. The summed E-state index contributed by atoms with van der Waals surface area (Å²) in [6.07, 6.45) is 3.47. The molecule has 3 aliphatic heterocycles. The zero-order chi connectivity index (χ0) is 21.4. The Morgan fingerprint density at radius 2 is 1.97 bits per heavy atom. The molecule has 4 heterocycles. The van der Waals surface area contributed by atoms with Gasteiger partial charge in [-0.3, -0.25) is 9.69 Å². The lowest BCUT2D eigenvalue weighted by Gasteiger charge is -2.35. The Bertz CT molecular complexity index is 922. The van der Waals surface area contributed by atoms with Crippen molar-refractivity contribution in [2.45, 2.75) is 38.4 Å². The normalized spacial score (nSPS) is 26.9. The number of methoxy groups -OCH3 is 1. The van der Waals surface area contributed by atoms with Crippen LogP contribution in [0, 0.1) is 11.8 Å². The highest BCUT2D eigenvalue weighted by Crippen LogP contribution is 2.31. The van der Waals surface area contributed by atoms with Gasteiger partial charge in [0.1, 0.15) is 23.4 Å². The predicted molar refractivity (Wildman–Crippen MR) is 117 cm³/mol. The number of ether oxygens (including phenoxy) is 2. The number of hydrogen-bond donors (Lipinski definition) is 2. The minimum absolute atomic E-state index is 0.0460. The summed E-state index contributed by atoms with van der Waals surface area (Å²) in [5.74, 6) is 2.90. The Labute approximate surface area is 182 Å². The molecule has 0 saturated carbocycles. The van der Waals surface area contributed by atoms with E-state index in [0.717, 1.165) is 57.3 Å². The quantitative estimate of drug-likeness (QED) is 0.764. The van der Waals surface area contributed by atoms with Gasteiger partial charge in [-0.2, -0.15) is 0 Å². The maximum absolute atomic E-state index is 12.8. The predicted octanol–water partition coefficient (Wildman–Crippen LogP) is 2.17. The Morgan fingerprint density at radius 3 is 2.71 bits per heavy atom. The first kappa shape index (κ1) is 20.3. The lowest BCUT2D eigenvalue weighted by molar-refractivity contribution is 0.0818. The first-order valence-corrected chi connectivity index (χ1v) is 11.2. The molecule has 0 bridgehead atoms. The van der Waals surface area contributed by atoms with Gasteiger partial charge in [0, 0.05) is 44.7 Å². The van der Waals surface area contributed by atoms with Crippen molar-refractivity contribution < 1.29 is 14.3 Å². The van der Waals surface area contributed by atoms with E-state index in [0.29, 0.717) is 23.4 Å². The highest BCUT2D eigenvalue weighted by atomic mass is 16.5. The van der Waals surface area contributed by atoms with E-state index in [9.17, 15) is 4.79 Å². The van der Waals surface area contributed by atoms with Gasteiger partial charge in [0.25, 0.3) is 5.91 Å². The minimum Gasteiger partial charge on any atom is -0.497 e. The van der Waals surface area contributed by atoms with Gasteiger partial charge < -0.3 is 20.2 Å². The van der Waals surface area contributed by atoms with Crippen LogP contribution in [0.3, 0.4) is 0 Å². The summed E-state index contributed by atoms with van der Waals surface area (Å²) in [5.41, 5.74) is 5.45. The largest absolute Gasteiger partial charge is 0.497 e. The van der Waals surface area contributed by atoms with Crippen LogP contribution in [-0.2, 0) is 11.3 Å². The van der Waals surface area contributed by atoms with Crippen molar-refractivity contribution in [3.63, 3.8) is 0 Å². The van der Waals surface area contributed by atoms with Crippen LogP contribution >= 0.6 is 0 Å². The van der Waals surface area contributed by atoms with Crippen LogP contribution in [0.1, 0.15) is 47.6 Å². The smallest absolute Gasteiger partial charge is 0.273 e. The maximum atomic E-state index is 12.8. The molecule has 1 aromatic carbocycles. The molecular formula is C23H31N5O3. The SMILES string of the molecule is COc1ccc(CN2CC(C)C(C3NC(=O)c4cnc(C5CCOCC5)n4N3)C2)cc1. The zero-order valence-electron chi connectivity index (χ0n) is 18.2. The summed E-state index contributed by atoms with van der Waals surface area (Å²) < 4.78 is 12.7. The van der Waals surface area contributed by atoms with Crippen molar-refractivity contribution in [2.75, 3.05) is 38.8 Å². The summed E-state index contributed by atoms with van der Waals surface area (Å²) in [4.78, 5) is 19.9. The summed E-state index contributed by atoms with van der Waals surface area (Å²) in [7, 11) is 1.69. The van der Waals surface area contributed by atoms with Gasteiger partial charge in [0.15, 0.2) is 0 Å². The van der Waals surface area contributed by atoms with Crippen LogP contribution in [0.4, 0.5) is 0 Å². The summed E-state index contributed by atoms with van der Waals surface area (Å²) in [6, 6.07) is 8.26. The minimum atomic E-state index is -0.108. The van der Waals surface area contributed by atoms with E-state index in [1.807, 2.05) is 16.8 Å². The average Bonchev–Trinajstić information content (AvgIpc) is 3.38. The van der Waals surface area contributed by atoms with Gasteiger partial charge in [-0.15, -0.1) is 0 Å². The van der Waals surface area contributed by atoms with E-state index in [1.54, 1.807) is 13.3 Å². The Hall–Kier alpha value is -2.58. The summed E-state index contributed by atoms with van der Waals surface area (Å²) in [6.45, 7) is 6.62. The molecule has 2 N–H and O–H groups in total. The second kappa shape index (κ2) is 8.51. The number of hydrogen-bond acceptors (Lipinski definition) is 6. The van der Waals surface area contributed by atoms with Gasteiger partial charge in [-0.25, -0.2) is 9.66 Å².